The molecule has 0 spiro atoms. The van der Waals surface area contributed by atoms with Crippen LogP contribution < -0.4 is 5.73 Å². The number of nitrogens with zero attached hydrogens (tertiary/aromatic N) is 5. The Bertz CT molecular complexity index is 579. The molecule has 88 valence electrons. The number of amidine groups is 1. The highest BCUT2D eigenvalue weighted by atomic mass is 79.9. The first-order valence-electron chi connectivity index (χ1n) is 4.64. The third-order valence-corrected chi connectivity index (χ3v) is 2.50. The molecular weight excluding hydrogens is 288 g/mol. The number of hydrogen-bond acceptors (Lipinski definition) is 5. The predicted octanol–water partition coefficient (Wildman–Crippen LogP) is 0.828. The minimum Gasteiger partial charge on any atom is -0.409 e. The summed E-state index contributed by atoms with van der Waals surface area (Å²) in [4.78, 5) is 8.13. The Morgan fingerprint density at radius 3 is 2.94 bits per heavy atom. The van der Waals surface area contributed by atoms with Crippen molar-refractivity contribution in [1.82, 2.24) is 19.7 Å². The van der Waals surface area contributed by atoms with Gasteiger partial charge >= 0.3 is 0 Å². The second-order valence-corrected chi connectivity index (χ2v) is 4.21. The van der Waals surface area contributed by atoms with Gasteiger partial charge in [-0.05, 0) is 34.5 Å². The van der Waals surface area contributed by atoms with Crippen molar-refractivity contribution in [3.63, 3.8) is 0 Å². The highest BCUT2D eigenvalue weighted by Gasteiger charge is 2.09. The second kappa shape index (κ2) is 4.50. The Hall–Kier alpha value is -1.96. The lowest BCUT2D eigenvalue weighted by molar-refractivity contribution is 0.318. The normalized spacial score (nSPS) is 11.8. The quantitative estimate of drug-likeness (QED) is 0.370. The number of oxime groups is 1. The largest absolute Gasteiger partial charge is 0.409 e. The minimum absolute atomic E-state index is 0.140. The Morgan fingerprint density at radius 2 is 2.29 bits per heavy atom. The molecule has 0 atom stereocenters. The molecule has 0 amide bonds. The van der Waals surface area contributed by atoms with Crippen LogP contribution in [0, 0.1) is 6.92 Å². The van der Waals surface area contributed by atoms with Gasteiger partial charge in [0.05, 0.1) is 0 Å². The van der Waals surface area contributed by atoms with E-state index in [9.17, 15) is 0 Å². The molecule has 3 N–H and O–H groups in total. The molecule has 2 aromatic heterocycles. The maximum atomic E-state index is 8.51. The average Bonchev–Trinajstić information content (AvgIpc) is 2.77. The zero-order valence-corrected chi connectivity index (χ0v) is 10.5. The van der Waals surface area contributed by atoms with Crippen molar-refractivity contribution in [2.24, 2.45) is 10.9 Å². The van der Waals surface area contributed by atoms with Gasteiger partial charge in [-0.25, -0.2) is 14.6 Å². The van der Waals surface area contributed by atoms with Crippen molar-refractivity contribution in [3.05, 3.63) is 34.5 Å². The van der Waals surface area contributed by atoms with E-state index in [1.165, 1.54) is 11.0 Å². The molecule has 2 aromatic rings. The topological polar surface area (TPSA) is 102 Å². The van der Waals surface area contributed by atoms with Crippen LogP contribution in [-0.4, -0.2) is 30.8 Å². The lowest BCUT2D eigenvalue weighted by atomic mass is 10.3. The van der Waals surface area contributed by atoms with Crippen LogP contribution in [-0.2, 0) is 0 Å². The highest BCUT2D eigenvalue weighted by molar-refractivity contribution is 9.10. The Labute approximate surface area is 105 Å². The fraction of sp³-hybridized carbons (Fsp3) is 0.111. The van der Waals surface area contributed by atoms with Gasteiger partial charge in [0.15, 0.2) is 5.82 Å². The van der Waals surface area contributed by atoms with Crippen molar-refractivity contribution >= 4 is 21.8 Å². The maximum absolute atomic E-state index is 8.51. The van der Waals surface area contributed by atoms with Crippen LogP contribution in [0.2, 0.25) is 0 Å². The summed E-state index contributed by atoms with van der Waals surface area (Å²) in [6, 6.07) is 1.91. The molecule has 0 aliphatic heterocycles. The van der Waals surface area contributed by atoms with Gasteiger partial charge in [-0.15, -0.1) is 5.10 Å². The van der Waals surface area contributed by atoms with E-state index >= 15 is 0 Å². The van der Waals surface area contributed by atoms with Crippen LogP contribution in [0.15, 0.2) is 28.2 Å². The smallest absolute Gasteiger partial charge is 0.220 e. The Balaban J connectivity index is 2.44. The summed E-state index contributed by atoms with van der Waals surface area (Å²) in [5.41, 5.74) is 6.31. The summed E-state index contributed by atoms with van der Waals surface area (Å²) in [5, 5.41) is 15.4. The number of aryl methyl sites for hydroxylation is 1. The van der Waals surface area contributed by atoms with E-state index in [1.807, 2.05) is 13.0 Å². The number of aromatic nitrogens is 4. The summed E-state index contributed by atoms with van der Waals surface area (Å²) >= 11 is 3.33. The summed E-state index contributed by atoms with van der Waals surface area (Å²) in [5.74, 6) is 0.646. The van der Waals surface area contributed by atoms with Crippen molar-refractivity contribution in [2.45, 2.75) is 6.92 Å². The maximum Gasteiger partial charge on any atom is 0.220 e. The van der Waals surface area contributed by atoms with Crippen molar-refractivity contribution < 1.29 is 5.21 Å². The third-order valence-electron chi connectivity index (χ3n) is 2.06. The van der Waals surface area contributed by atoms with Crippen LogP contribution in [0.25, 0.3) is 5.82 Å². The van der Waals surface area contributed by atoms with Crippen LogP contribution in [0.3, 0.4) is 0 Å². The molecule has 2 heterocycles. The lowest BCUT2D eigenvalue weighted by Gasteiger charge is -2.03. The van der Waals surface area contributed by atoms with Crippen LogP contribution in [0.5, 0.6) is 0 Å². The Kier molecular flexibility index (Phi) is 3.05. The van der Waals surface area contributed by atoms with Crippen LogP contribution >= 0.6 is 15.9 Å². The van der Waals surface area contributed by atoms with Crippen molar-refractivity contribution in [3.8, 4) is 5.82 Å². The number of pyridine rings is 1. The van der Waals surface area contributed by atoms with E-state index in [4.69, 9.17) is 10.9 Å². The van der Waals surface area contributed by atoms with E-state index in [2.05, 4.69) is 36.2 Å². The van der Waals surface area contributed by atoms with Gasteiger partial charge in [0.1, 0.15) is 6.33 Å². The van der Waals surface area contributed by atoms with Gasteiger partial charge in [0.25, 0.3) is 0 Å². The molecule has 7 nitrogen and oxygen atoms in total. The molecule has 0 radical (unpaired) electrons. The van der Waals surface area contributed by atoms with E-state index in [0.717, 1.165) is 10.0 Å². The Morgan fingerprint density at radius 1 is 1.53 bits per heavy atom. The molecule has 0 aliphatic rings. The van der Waals surface area contributed by atoms with E-state index in [1.54, 1.807) is 6.20 Å². The molecule has 0 unspecified atom stereocenters. The van der Waals surface area contributed by atoms with Gasteiger partial charge in [-0.3, -0.25) is 0 Å². The molecule has 2 rings (SSSR count). The third kappa shape index (κ3) is 2.26. The molecule has 0 saturated carbocycles. The lowest BCUT2D eigenvalue weighted by Crippen LogP contribution is -2.15. The van der Waals surface area contributed by atoms with E-state index in [-0.39, 0.29) is 11.7 Å². The first kappa shape index (κ1) is 11.5. The van der Waals surface area contributed by atoms with Gasteiger partial charge < -0.3 is 10.9 Å². The van der Waals surface area contributed by atoms with E-state index in [0.29, 0.717) is 5.82 Å². The van der Waals surface area contributed by atoms with Crippen LogP contribution in [0.4, 0.5) is 0 Å². The van der Waals surface area contributed by atoms with Gasteiger partial charge in [0, 0.05) is 10.7 Å². The number of nitrogens with two attached hydrogens (primary N) is 1. The minimum atomic E-state index is -0.140. The first-order valence-corrected chi connectivity index (χ1v) is 5.43. The van der Waals surface area contributed by atoms with Gasteiger partial charge in [-0.2, -0.15) is 0 Å². The molecule has 0 aromatic carbocycles. The molecule has 0 aliphatic carbocycles. The predicted molar refractivity (Wildman–Crippen MR) is 64.1 cm³/mol. The van der Waals surface area contributed by atoms with Gasteiger partial charge in [0.2, 0.25) is 11.7 Å². The zero-order chi connectivity index (χ0) is 12.4. The van der Waals surface area contributed by atoms with Crippen molar-refractivity contribution in [2.75, 3.05) is 0 Å². The molecule has 0 bridgehead atoms. The average molecular weight is 297 g/mol. The fourth-order valence-electron chi connectivity index (χ4n) is 1.30. The standard InChI is InChI=1S/C9H9BrN6O/c1-5-2-6(10)3-12-9(5)16-4-13-8(14-16)7(11)15-17/h2-4,17H,1H3,(H2,11,15). The van der Waals surface area contributed by atoms with Gasteiger partial charge in [-0.1, -0.05) is 5.16 Å². The summed E-state index contributed by atoms with van der Waals surface area (Å²) in [7, 11) is 0. The molecule has 8 heteroatoms. The molecule has 0 fully saturated rings. The first-order chi connectivity index (χ1) is 8.11. The summed E-state index contributed by atoms with van der Waals surface area (Å²) in [6.45, 7) is 1.90. The number of rotatable bonds is 2. The zero-order valence-electron chi connectivity index (χ0n) is 8.87. The summed E-state index contributed by atoms with van der Waals surface area (Å²) < 4.78 is 2.35. The fourth-order valence-corrected chi connectivity index (χ4v) is 1.75. The van der Waals surface area contributed by atoms with Crippen LogP contribution in [0.1, 0.15) is 11.4 Å². The number of halogens is 1. The second-order valence-electron chi connectivity index (χ2n) is 3.29. The SMILES string of the molecule is Cc1cc(Br)cnc1-n1cnc(C(N)=NO)n1. The monoisotopic (exact) mass is 296 g/mol. The molecule has 0 saturated heterocycles. The highest BCUT2D eigenvalue weighted by Crippen LogP contribution is 2.15. The molecular formula is C9H9BrN6O. The molecule has 17 heavy (non-hydrogen) atoms. The van der Waals surface area contributed by atoms with E-state index < -0.39 is 0 Å². The van der Waals surface area contributed by atoms with Crippen molar-refractivity contribution in [1.29, 1.82) is 0 Å². The number of hydrogen-bond donors (Lipinski definition) is 2. The summed E-state index contributed by atoms with van der Waals surface area (Å²) in [6.07, 6.45) is 3.11.